The molecule has 0 N–H and O–H groups in total. The van der Waals surface area contributed by atoms with Crippen molar-refractivity contribution in [2.24, 2.45) is 0 Å². The molecule has 0 saturated carbocycles. The van der Waals surface area contributed by atoms with Gasteiger partial charge in [-0.25, -0.2) is 4.98 Å². The van der Waals surface area contributed by atoms with Gasteiger partial charge in [0.15, 0.2) is 16.6 Å². The summed E-state index contributed by atoms with van der Waals surface area (Å²) in [4.78, 5) is 22.4. The summed E-state index contributed by atoms with van der Waals surface area (Å²) < 4.78 is 12.0. The molecular weight excluding hydrogens is 436 g/mol. The van der Waals surface area contributed by atoms with E-state index in [1.54, 1.807) is 11.0 Å². The van der Waals surface area contributed by atoms with Gasteiger partial charge in [-0.2, -0.15) is 0 Å². The number of nitrogens with zero attached hydrogens (tertiary/aromatic N) is 4. The van der Waals surface area contributed by atoms with E-state index in [1.165, 1.54) is 16.9 Å². The Morgan fingerprint density at radius 3 is 2.76 bits per heavy atom. The number of hydrogen-bond donors (Lipinski definition) is 0. The molecule has 4 aromatic rings. The molecule has 0 radical (unpaired) electrons. The fraction of sp³-hybridized carbons (Fsp3) is 0.320. The Hall–Kier alpha value is -3.07. The van der Waals surface area contributed by atoms with Gasteiger partial charge in [-0.3, -0.25) is 14.6 Å². The second-order valence-electron chi connectivity index (χ2n) is 8.17. The lowest BCUT2D eigenvalue weighted by molar-refractivity contribution is 0.0376. The molecule has 1 aliphatic rings. The van der Waals surface area contributed by atoms with E-state index in [2.05, 4.69) is 23.0 Å². The van der Waals surface area contributed by atoms with Crippen LogP contribution in [0.2, 0.25) is 0 Å². The Labute approximate surface area is 196 Å². The number of amides is 1. The van der Waals surface area contributed by atoms with Gasteiger partial charge < -0.3 is 9.26 Å². The monoisotopic (exact) mass is 462 g/mol. The molecule has 0 atom stereocenters. The second kappa shape index (κ2) is 9.82. The molecule has 170 valence electrons. The first-order valence-electron chi connectivity index (χ1n) is 11.2. The predicted molar refractivity (Wildman–Crippen MR) is 130 cm³/mol. The van der Waals surface area contributed by atoms with Crippen LogP contribution in [0.3, 0.4) is 0 Å². The van der Waals surface area contributed by atoms with Crippen LogP contribution >= 0.6 is 11.3 Å². The van der Waals surface area contributed by atoms with Gasteiger partial charge in [0, 0.05) is 37.8 Å². The Balaban J connectivity index is 1.39. The summed E-state index contributed by atoms with van der Waals surface area (Å²) >= 11 is 1.53. The fourth-order valence-corrected chi connectivity index (χ4v) is 5.04. The lowest BCUT2D eigenvalue weighted by Gasteiger charge is -2.27. The van der Waals surface area contributed by atoms with Crippen molar-refractivity contribution >= 4 is 32.6 Å². The molecular formula is C25H26N4O3S. The lowest BCUT2D eigenvalue weighted by Crippen LogP contribution is -2.39. The normalized spacial score (nSPS) is 14.6. The maximum Gasteiger partial charge on any atom is 0.282 e. The summed E-state index contributed by atoms with van der Waals surface area (Å²) in [6.07, 6.45) is 0.837. The third kappa shape index (κ3) is 4.98. The standard InChI is InChI=1S/C25H26N4O3S/c1-18-8-9-20-23(16-18)33-25(26-20)29(11-5-10-28-12-14-31-15-13-28)24(30)21-17-22(32-27-21)19-6-3-2-4-7-19/h2-4,6-9,16-17H,5,10-15H2,1H3. The molecule has 8 heteroatoms. The molecule has 33 heavy (non-hydrogen) atoms. The number of morpholine rings is 1. The summed E-state index contributed by atoms with van der Waals surface area (Å²) in [7, 11) is 0. The number of thiazole rings is 1. The maximum absolute atomic E-state index is 13.6. The number of hydrogen-bond acceptors (Lipinski definition) is 7. The van der Waals surface area contributed by atoms with Gasteiger partial charge in [-0.1, -0.05) is 52.9 Å². The number of fused-ring (bicyclic) bond motifs is 1. The number of aromatic nitrogens is 2. The van der Waals surface area contributed by atoms with Crippen molar-refractivity contribution in [3.63, 3.8) is 0 Å². The molecule has 1 aliphatic heterocycles. The van der Waals surface area contributed by atoms with Gasteiger partial charge in [0.05, 0.1) is 23.4 Å². The molecule has 3 heterocycles. The highest BCUT2D eigenvalue weighted by atomic mass is 32.1. The number of rotatable bonds is 7. The number of anilines is 1. The highest BCUT2D eigenvalue weighted by molar-refractivity contribution is 7.22. The third-order valence-corrected chi connectivity index (χ3v) is 6.80. The van der Waals surface area contributed by atoms with Crippen molar-refractivity contribution in [3.8, 4) is 11.3 Å². The highest BCUT2D eigenvalue weighted by Gasteiger charge is 2.25. The first kappa shape index (κ1) is 21.8. The number of ether oxygens (including phenoxy) is 1. The topological polar surface area (TPSA) is 71.7 Å². The number of benzene rings is 2. The zero-order chi connectivity index (χ0) is 22.6. The van der Waals surface area contributed by atoms with Gasteiger partial charge in [-0.05, 0) is 31.0 Å². The van der Waals surface area contributed by atoms with E-state index in [1.807, 2.05) is 42.5 Å². The van der Waals surface area contributed by atoms with E-state index in [9.17, 15) is 4.79 Å². The summed E-state index contributed by atoms with van der Waals surface area (Å²) in [5, 5.41) is 4.78. The molecule has 2 aromatic heterocycles. The minimum Gasteiger partial charge on any atom is -0.379 e. The lowest BCUT2D eigenvalue weighted by atomic mass is 10.1. The zero-order valence-electron chi connectivity index (χ0n) is 18.6. The molecule has 7 nitrogen and oxygen atoms in total. The smallest absolute Gasteiger partial charge is 0.282 e. The quantitative estimate of drug-likeness (QED) is 0.399. The van der Waals surface area contributed by atoms with Gasteiger partial charge in [0.2, 0.25) is 0 Å². The van der Waals surface area contributed by atoms with E-state index < -0.39 is 0 Å². The van der Waals surface area contributed by atoms with Crippen molar-refractivity contribution < 1.29 is 14.1 Å². The van der Waals surface area contributed by atoms with Crippen LogP contribution < -0.4 is 4.90 Å². The molecule has 0 unspecified atom stereocenters. The van der Waals surface area contributed by atoms with Crippen LogP contribution in [0.25, 0.3) is 21.5 Å². The number of aryl methyl sites for hydroxylation is 1. The maximum atomic E-state index is 13.6. The number of carbonyl (C=O) groups excluding carboxylic acids is 1. The first-order valence-corrected chi connectivity index (χ1v) is 12.0. The van der Waals surface area contributed by atoms with Gasteiger partial charge >= 0.3 is 0 Å². The minimum atomic E-state index is -0.196. The van der Waals surface area contributed by atoms with E-state index in [0.29, 0.717) is 17.4 Å². The Morgan fingerprint density at radius 1 is 1.12 bits per heavy atom. The van der Waals surface area contributed by atoms with Gasteiger partial charge in [0.25, 0.3) is 5.91 Å². The van der Waals surface area contributed by atoms with Crippen molar-refractivity contribution in [2.75, 3.05) is 44.3 Å². The predicted octanol–water partition coefficient (Wildman–Crippen LogP) is 4.63. The van der Waals surface area contributed by atoms with Gasteiger partial charge in [0.1, 0.15) is 0 Å². The molecule has 2 aromatic carbocycles. The van der Waals surface area contributed by atoms with Crippen molar-refractivity contribution in [1.29, 1.82) is 0 Å². The Kier molecular flexibility index (Phi) is 6.48. The zero-order valence-corrected chi connectivity index (χ0v) is 19.4. The van der Waals surface area contributed by atoms with Crippen LogP contribution in [0.15, 0.2) is 59.1 Å². The van der Waals surface area contributed by atoms with Crippen molar-refractivity contribution in [3.05, 3.63) is 65.9 Å². The van der Waals surface area contributed by atoms with Gasteiger partial charge in [-0.15, -0.1) is 0 Å². The summed E-state index contributed by atoms with van der Waals surface area (Å²) in [5.74, 6) is 0.380. The minimum absolute atomic E-state index is 0.196. The molecule has 1 saturated heterocycles. The van der Waals surface area contributed by atoms with E-state index in [0.717, 1.165) is 55.0 Å². The SMILES string of the molecule is Cc1ccc2nc(N(CCCN3CCOCC3)C(=O)c3cc(-c4ccccc4)on3)sc2c1. The molecule has 5 rings (SSSR count). The summed E-state index contributed by atoms with van der Waals surface area (Å²) in [6, 6.07) is 17.5. The first-order chi connectivity index (χ1) is 16.2. The van der Waals surface area contributed by atoms with E-state index >= 15 is 0 Å². The van der Waals surface area contributed by atoms with Crippen LogP contribution in [0.4, 0.5) is 5.13 Å². The average Bonchev–Trinajstić information content (AvgIpc) is 3.50. The Bertz CT molecular complexity index is 1230. The van der Waals surface area contributed by atoms with Crippen LogP contribution in [0.1, 0.15) is 22.5 Å². The fourth-order valence-electron chi connectivity index (χ4n) is 3.95. The molecule has 1 fully saturated rings. The van der Waals surface area contributed by atoms with E-state index in [-0.39, 0.29) is 11.6 Å². The van der Waals surface area contributed by atoms with E-state index in [4.69, 9.17) is 14.2 Å². The van der Waals surface area contributed by atoms with Crippen molar-refractivity contribution in [1.82, 2.24) is 15.0 Å². The Morgan fingerprint density at radius 2 is 1.94 bits per heavy atom. The molecule has 0 aliphatic carbocycles. The largest absolute Gasteiger partial charge is 0.379 e. The second-order valence-corrected chi connectivity index (χ2v) is 9.18. The highest BCUT2D eigenvalue weighted by Crippen LogP contribution is 2.31. The molecule has 1 amide bonds. The van der Waals surface area contributed by atoms with Crippen LogP contribution in [0.5, 0.6) is 0 Å². The van der Waals surface area contributed by atoms with Crippen LogP contribution in [-0.2, 0) is 4.74 Å². The molecule has 0 spiro atoms. The third-order valence-electron chi connectivity index (χ3n) is 5.76. The van der Waals surface area contributed by atoms with Crippen LogP contribution in [-0.4, -0.2) is 60.3 Å². The average molecular weight is 463 g/mol. The number of carbonyl (C=O) groups is 1. The van der Waals surface area contributed by atoms with Crippen molar-refractivity contribution in [2.45, 2.75) is 13.3 Å². The molecule has 0 bridgehead atoms. The summed E-state index contributed by atoms with van der Waals surface area (Å²) in [5.41, 5.74) is 3.25. The summed E-state index contributed by atoms with van der Waals surface area (Å²) in [6.45, 7) is 6.91. The van der Waals surface area contributed by atoms with Crippen LogP contribution in [0, 0.1) is 6.92 Å².